The number of rotatable bonds is 5. The van der Waals surface area contributed by atoms with E-state index in [-0.39, 0.29) is 18.1 Å². The van der Waals surface area contributed by atoms with Crippen LogP contribution in [-0.2, 0) is 17.8 Å². The number of aromatic nitrogens is 3. The summed E-state index contributed by atoms with van der Waals surface area (Å²) >= 11 is 0. The quantitative estimate of drug-likeness (QED) is 0.715. The van der Waals surface area contributed by atoms with Gasteiger partial charge in [-0.05, 0) is 43.0 Å². The van der Waals surface area contributed by atoms with Crippen molar-refractivity contribution in [2.24, 2.45) is 0 Å². The van der Waals surface area contributed by atoms with Crippen LogP contribution in [0.1, 0.15) is 52.9 Å². The number of carbonyl (C=O) groups excluding carboxylic acids is 1. The van der Waals surface area contributed by atoms with Crippen molar-refractivity contribution in [1.82, 2.24) is 14.5 Å². The molecule has 4 rings (SSSR count). The first kappa shape index (κ1) is 16.4. The van der Waals surface area contributed by atoms with E-state index in [0.717, 1.165) is 40.7 Å². The topological polar surface area (TPSA) is 85.1 Å². The molecular formula is C20H19N3O3. The van der Waals surface area contributed by atoms with Crippen LogP contribution >= 0.6 is 0 Å². The van der Waals surface area contributed by atoms with Crippen LogP contribution in [0.15, 0.2) is 36.8 Å². The molecule has 3 aromatic rings. The summed E-state index contributed by atoms with van der Waals surface area (Å²) in [6.45, 7) is 2.12. The average molecular weight is 349 g/mol. The molecule has 1 unspecified atom stereocenters. The highest BCUT2D eigenvalue weighted by molar-refractivity contribution is 5.98. The summed E-state index contributed by atoms with van der Waals surface area (Å²) in [6.07, 6.45) is 6.87. The third kappa shape index (κ3) is 2.77. The fourth-order valence-electron chi connectivity index (χ4n) is 3.93. The zero-order valence-electron chi connectivity index (χ0n) is 14.5. The van der Waals surface area contributed by atoms with Gasteiger partial charge in [-0.2, -0.15) is 0 Å². The molecule has 26 heavy (non-hydrogen) atoms. The average Bonchev–Trinajstić information content (AvgIpc) is 3.15. The Labute approximate surface area is 150 Å². The van der Waals surface area contributed by atoms with E-state index in [0.29, 0.717) is 12.1 Å². The largest absolute Gasteiger partial charge is 0.481 e. The lowest BCUT2D eigenvalue weighted by Gasteiger charge is -2.14. The molecule has 3 aromatic heterocycles. The molecule has 6 heteroatoms. The highest BCUT2D eigenvalue weighted by Crippen LogP contribution is 2.41. The lowest BCUT2D eigenvalue weighted by Crippen LogP contribution is -2.11. The molecule has 132 valence electrons. The second-order valence-corrected chi connectivity index (χ2v) is 6.80. The number of carbonyl (C=O) groups is 2. The molecule has 0 saturated carbocycles. The standard InChI is InChI=1S/C20H19N3O3/c1-12(24)15-7-17-16-5-4-14(8-18(25)26)19(16)23(20(17)22-10-15)11-13-3-2-6-21-9-13/h2-3,6-7,9-10,14H,4-5,8,11H2,1H3,(H,25,26). The maximum Gasteiger partial charge on any atom is 0.304 e. The van der Waals surface area contributed by atoms with E-state index >= 15 is 0 Å². The number of fused-ring (bicyclic) bond motifs is 3. The van der Waals surface area contributed by atoms with Gasteiger partial charge in [-0.1, -0.05) is 6.07 Å². The lowest BCUT2D eigenvalue weighted by molar-refractivity contribution is -0.137. The molecule has 0 spiro atoms. The van der Waals surface area contributed by atoms with Gasteiger partial charge in [0.1, 0.15) is 5.65 Å². The predicted octanol–water partition coefficient (Wildman–Crippen LogP) is 3.19. The molecule has 0 aromatic carbocycles. The number of ketones is 1. The van der Waals surface area contributed by atoms with E-state index in [4.69, 9.17) is 0 Å². The third-order valence-electron chi connectivity index (χ3n) is 5.07. The number of carboxylic acid groups (broad SMARTS) is 1. The minimum absolute atomic E-state index is 0.0201. The molecular weight excluding hydrogens is 330 g/mol. The number of hydrogen-bond acceptors (Lipinski definition) is 4. The fraction of sp³-hybridized carbons (Fsp3) is 0.300. The van der Waals surface area contributed by atoms with Crippen molar-refractivity contribution < 1.29 is 14.7 Å². The summed E-state index contributed by atoms with van der Waals surface area (Å²) in [6, 6.07) is 5.78. The molecule has 1 aliphatic rings. The number of Topliss-reactive ketones (excluding diaryl/α,β-unsaturated/α-hetero) is 1. The Hall–Kier alpha value is -3.02. The Morgan fingerprint density at radius 3 is 2.88 bits per heavy atom. The van der Waals surface area contributed by atoms with E-state index in [1.54, 1.807) is 12.4 Å². The highest BCUT2D eigenvalue weighted by atomic mass is 16.4. The first-order chi connectivity index (χ1) is 12.5. The van der Waals surface area contributed by atoms with Gasteiger partial charge in [0.2, 0.25) is 0 Å². The Bertz CT molecular complexity index is 1010. The number of aliphatic carboxylic acids is 1. The molecule has 0 radical (unpaired) electrons. The Kier molecular flexibility index (Phi) is 4.03. The van der Waals surface area contributed by atoms with E-state index in [1.165, 1.54) is 6.92 Å². The summed E-state index contributed by atoms with van der Waals surface area (Å²) < 4.78 is 2.10. The van der Waals surface area contributed by atoms with E-state index in [9.17, 15) is 14.7 Å². The van der Waals surface area contributed by atoms with E-state index in [2.05, 4.69) is 14.5 Å². The molecule has 0 saturated heterocycles. The van der Waals surface area contributed by atoms with Gasteiger partial charge in [-0.25, -0.2) is 4.98 Å². The highest BCUT2D eigenvalue weighted by Gasteiger charge is 2.32. The van der Waals surface area contributed by atoms with E-state index < -0.39 is 5.97 Å². The Balaban J connectivity index is 1.90. The summed E-state index contributed by atoms with van der Waals surface area (Å²) in [5.74, 6) is -0.846. The summed E-state index contributed by atoms with van der Waals surface area (Å²) in [5, 5.41) is 10.3. The molecule has 0 fully saturated rings. The van der Waals surface area contributed by atoms with Gasteiger partial charge in [0.25, 0.3) is 0 Å². The molecule has 1 atom stereocenters. The van der Waals surface area contributed by atoms with Crippen molar-refractivity contribution >= 4 is 22.8 Å². The first-order valence-corrected chi connectivity index (χ1v) is 8.67. The molecule has 1 aliphatic carbocycles. The van der Waals surface area contributed by atoms with Crippen molar-refractivity contribution in [3.8, 4) is 0 Å². The van der Waals surface area contributed by atoms with Crippen LogP contribution in [0, 0.1) is 0 Å². The number of carboxylic acids is 1. The second kappa shape index (κ2) is 6.37. The SMILES string of the molecule is CC(=O)c1cnc2c(c1)c1c(n2Cc2cccnc2)C(CC(=O)O)CC1. The number of pyridine rings is 2. The molecule has 0 aliphatic heterocycles. The normalized spacial score (nSPS) is 16.0. The minimum Gasteiger partial charge on any atom is -0.481 e. The summed E-state index contributed by atoms with van der Waals surface area (Å²) in [5.41, 5.74) is 4.59. The third-order valence-corrected chi connectivity index (χ3v) is 5.07. The molecule has 3 heterocycles. The zero-order chi connectivity index (χ0) is 18.3. The van der Waals surface area contributed by atoms with Gasteiger partial charge < -0.3 is 9.67 Å². The van der Waals surface area contributed by atoms with Crippen LogP contribution in [-0.4, -0.2) is 31.4 Å². The van der Waals surface area contributed by atoms with Crippen molar-refractivity contribution in [1.29, 1.82) is 0 Å². The minimum atomic E-state index is -0.793. The Morgan fingerprint density at radius 2 is 2.19 bits per heavy atom. The Morgan fingerprint density at radius 1 is 1.35 bits per heavy atom. The maximum absolute atomic E-state index is 11.8. The van der Waals surface area contributed by atoms with Gasteiger partial charge in [0.15, 0.2) is 5.78 Å². The van der Waals surface area contributed by atoms with Gasteiger partial charge >= 0.3 is 5.97 Å². The fourth-order valence-corrected chi connectivity index (χ4v) is 3.93. The maximum atomic E-state index is 11.8. The smallest absolute Gasteiger partial charge is 0.304 e. The van der Waals surface area contributed by atoms with Crippen LogP contribution in [0.5, 0.6) is 0 Å². The first-order valence-electron chi connectivity index (χ1n) is 8.67. The summed E-state index contributed by atoms with van der Waals surface area (Å²) in [7, 11) is 0. The summed E-state index contributed by atoms with van der Waals surface area (Å²) in [4.78, 5) is 31.8. The van der Waals surface area contributed by atoms with Crippen LogP contribution < -0.4 is 0 Å². The van der Waals surface area contributed by atoms with Crippen LogP contribution in [0.3, 0.4) is 0 Å². The zero-order valence-corrected chi connectivity index (χ0v) is 14.5. The lowest BCUT2D eigenvalue weighted by atomic mass is 10.0. The number of hydrogen-bond donors (Lipinski definition) is 1. The number of nitrogens with zero attached hydrogens (tertiary/aromatic N) is 3. The van der Waals surface area contributed by atoms with Gasteiger partial charge in [0, 0.05) is 41.2 Å². The second-order valence-electron chi connectivity index (χ2n) is 6.80. The van der Waals surface area contributed by atoms with Crippen LogP contribution in [0.25, 0.3) is 11.0 Å². The molecule has 0 bridgehead atoms. The monoisotopic (exact) mass is 349 g/mol. The van der Waals surface area contributed by atoms with Gasteiger partial charge in [0.05, 0.1) is 13.0 Å². The van der Waals surface area contributed by atoms with Gasteiger partial charge in [-0.15, -0.1) is 0 Å². The molecule has 0 amide bonds. The van der Waals surface area contributed by atoms with Crippen LogP contribution in [0.2, 0.25) is 0 Å². The van der Waals surface area contributed by atoms with Crippen molar-refractivity contribution in [2.45, 2.75) is 38.6 Å². The van der Waals surface area contributed by atoms with Crippen LogP contribution in [0.4, 0.5) is 0 Å². The van der Waals surface area contributed by atoms with Crippen molar-refractivity contribution in [2.75, 3.05) is 0 Å². The number of aryl methyl sites for hydroxylation is 1. The van der Waals surface area contributed by atoms with Gasteiger partial charge in [-0.3, -0.25) is 14.6 Å². The molecule has 6 nitrogen and oxygen atoms in total. The molecule has 1 N–H and O–H groups in total. The van der Waals surface area contributed by atoms with Crippen molar-refractivity contribution in [3.63, 3.8) is 0 Å². The van der Waals surface area contributed by atoms with Crippen molar-refractivity contribution in [3.05, 3.63) is 59.2 Å². The predicted molar refractivity (Wildman–Crippen MR) is 96.4 cm³/mol. The van der Waals surface area contributed by atoms with E-state index in [1.807, 2.05) is 24.4 Å².